The van der Waals surface area contributed by atoms with Gasteiger partial charge in [0, 0.05) is 5.56 Å². The highest BCUT2D eigenvalue weighted by Gasteiger charge is 2.28. The minimum Gasteiger partial charge on any atom is -0.391 e. The van der Waals surface area contributed by atoms with Crippen LogP contribution in [0.2, 0.25) is 0 Å². The van der Waals surface area contributed by atoms with Crippen LogP contribution in [0.3, 0.4) is 0 Å². The van der Waals surface area contributed by atoms with Crippen molar-refractivity contribution in [1.29, 1.82) is 0 Å². The summed E-state index contributed by atoms with van der Waals surface area (Å²) in [5.74, 6) is -0.104. The van der Waals surface area contributed by atoms with Gasteiger partial charge in [0.2, 0.25) is 0 Å². The van der Waals surface area contributed by atoms with Gasteiger partial charge < -0.3 is 10.8 Å². The predicted octanol–water partition coefficient (Wildman–Crippen LogP) is 3.19. The molecule has 1 fully saturated rings. The first-order valence-corrected chi connectivity index (χ1v) is 6.38. The van der Waals surface area contributed by atoms with Crippen molar-refractivity contribution < 1.29 is 9.50 Å². The lowest BCUT2D eigenvalue weighted by Gasteiger charge is -2.30. The molecule has 0 aliphatic heterocycles. The summed E-state index contributed by atoms with van der Waals surface area (Å²) in [5, 5.41) is 10.2. The number of hydrogen-bond donors (Lipinski definition) is 2. The van der Waals surface area contributed by atoms with E-state index in [2.05, 4.69) is 0 Å². The Labute approximate surface area is 114 Å². The minimum atomic E-state index is -0.632. The van der Waals surface area contributed by atoms with E-state index in [1.165, 1.54) is 12.5 Å². The maximum Gasteiger partial charge on any atom is 0.128 e. The average Bonchev–Trinajstić information content (AvgIpc) is 2.39. The summed E-state index contributed by atoms with van der Waals surface area (Å²) in [6.45, 7) is 0. The minimum absolute atomic E-state index is 0. The van der Waals surface area contributed by atoms with Crippen LogP contribution >= 0.6 is 12.4 Å². The van der Waals surface area contributed by atoms with E-state index in [1.54, 1.807) is 18.2 Å². The molecule has 102 valence electrons. The molecule has 0 saturated heterocycles. The van der Waals surface area contributed by atoms with Crippen molar-refractivity contribution in [3.8, 4) is 0 Å². The topological polar surface area (TPSA) is 46.2 Å². The van der Waals surface area contributed by atoms with Gasteiger partial charge in [-0.1, -0.05) is 37.5 Å². The lowest BCUT2D eigenvalue weighted by Crippen LogP contribution is -2.34. The van der Waals surface area contributed by atoms with Crippen molar-refractivity contribution in [1.82, 2.24) is 0 Å². The third-order valence-electron chi connectivity index (χ3n) is 3.77. The molecule has 1 aliphatic rings. The number of benzene rings is 1. The molecule has 4 heteroatoms. The maximum atomic E-state index is 13.6. The second-order valence-corrected chi connectivity index (χ2v) is 4.94. The van der Waals surface area contributed by atoms with Gasteiger partial charge in [-0.15, -0.1) is 12.4 Å². The second kappa shape index (κ2) is 7.07. The summed E-state index contributed by atoms with van der Waals surface area (Å²) in [5.41, 5.74) is 6.40. The fraction of sp³-hybridized carbons (Fsp3) is 0.571. The summed E-state index contributed by atoms with van der Waals surface area (Å²) in [6.07, 6.45) is 4.90. The Morgan fingerprint density at radius 1 is 1.17 bits per heavy atom. The molecule has 1 saturated carbocycles. The number of aliphatic hydroxyl groups is 1. The maximum absolute atomic E-state index is 13.6. The molecule has 0 heterocycles. The lowest BCUT2D eigenvalue weighted by atomic mass is 9.81. The highest BCUT2D eigenvalue weighted by atomic mass is 35.5. The fourth-order valence-electron chi connectivity index (χ4n) is 2.70. The lowest BCUT2D eigenvalue weighted by molar-refractivity contribution is 0.0608. The number of rotatable bonds is 3. The van der Waals surface area contributed by atoms with Crippen LogP contribution in [0.5, 0.6) is 0 Å². The third kappa shape index (κ3) is 3.44. The fourth-order valence-corrected chi connectivity index (χ4v) is 2.70. The van der Waals surface area contributed by atoms with Crippen LogP contribution in [0, 0.1) is 11.7 Å². The first-order valence-electron chi connectivity index (χ1n) is 6.38. The SMILES string of the molecule is Cl.N[C@@H](c1ccccc1F)[C@H](O)C1CCCCC1. The number of hydrogen-bond acceptors (Lipinski definition) is 2. The van der Waals surface area contributed by atoms with Crippen molar-refractivity contribution in [2.45, 2.75) is 44.2 Å². The Kier molecular flexibility index (Phi) is 6.06. The molecule has 18 heavy (non-hydrogen) atoms. The Balaban J connectivity index is 0.00000162. The molecule has 1 aliphatic carbocycles. The van der Waals surface area contributed by atoms with Gasteiger partial charge >= 0.3 is 0 Å². The summed E-state index contributed by atoms with van der Waals surface area (Å²) in [7, 11) is 0. The Morgan fingerprint density at radius 2 is 1.78 bits per heavy atom. The van der Waals surface area contributed by atoms with Crippen LogP contribution in [0.1, 0.15) is 43.7 Å². The normalized spacial score (nSPS) is 19.9. The van der Waals surface area contributed by atoms with Crippen molar-refractivity contribution >= 4 is 12.4 Å². The molecule has 2 nitrogen and oxygen atoms in total. The smallest absolute Gasteiger partial charge is 0.128 e. The van der Waals surface area contributed by atoms with Crippen LogP contribution in [0.15, 0.2) is 24.3 Å². The van der Waals surface area contributed by atoms with Crippen LogP contribution in [0.4, 0.5) is 4.39 Å². The molecule has 1 aromatic rings. The van der Waals surface area contributed by atoms with Crippen molar-refractivity contribution in [3.05, 3.63) is 35.6 Å². The number of aliphatic hydroxyl groups excluding tert-OH is 1. The van der Waals surface area contributed by atoms with Crippen LogP contribution < -0.4 is 5.73 Å². The van der Waals surface area contributed by atoms with Gasteiger partial charge in [-0.25, -0.2) is 4.39 Å². The Morgan fingerprint density at radius 3 is 2.39 bits per heavy atom. The van der Waals surface area contributed by atoms with Gasteiger partial charge in [0.1, 0.15) is 5.82 Å². The zero-order chi connectivity index (χ0) is 12.3. The molecule has 0 unspecified atom stereocenters. The Bertz CT molecular complexity index is 369. The first-order chi connectivity index (χ1) is 8.20. The second-order valence-electron chi connectivity index (χ2n) is 4.94. The first kappa shape index (κ1) is 15.4. The van der Waals surface area contributed by atoms with Crippen molar-refractivity contribution in [2.24, 2.45) is 11.7 Å². The summed E-state index contributed by atoms with van der Waals surface area (Å²) in [6, 6.07) is 5.83. The molecule has 0 radical (unpaired) electrons. The van der Waals surface area contributed by atoms with E-state index < -0.39 is 12.1 Å². The van der Waals surface area contributed by atoms with Crippen LogP contribution in [-0.4, -0.2) is 11.2 Å². The van der Waals surface area contributed by atoms with E-state index in [4.69, 9.17) is 5.73 Å². The zero-order valence-electron chi connectivity index (χ0n) is 10.4. The zero-order valence-corrected chi connectivity index (χ0v) is 11.2. The van der Waals surface area contributed by atoms with E-state index in [0.29, 0.717) is 5.56 Å². The van der Waals surface area contributed by atoms with E-state index in [9.17, 15) is 9.50 Å². The number of halogens is 2. The molecule has 2 atom stereocenters. The molecular formula is C14H21ClFNO. The molecule has 3 N–H and O–H groups in total. The molecule has 0 amide bonds. The van der Waals surface area contributed by atoms with Crippen molar-refractivity contribution in [3.63, 3.8) is 0 Å². The summed E-state index contributed by atoms with van der Waals surface area (Å²) in [4.78, 5) is 0. The van der Waals surface area contributed by atoms with Gasteiger partial charge in [0.05, 0.1) is 12.1 Å². The van der Waals surface area contributed by atoms with Crippen LogP contribution in [-0.2, 0) is 0 Å². The molecule has 1 aromatic carbocycles. The highest BCUT2D eigenvalue weighted by molar-refractivity contribution is 5.85. The molecule has 0 bridgehead atoms. The van der Waals surface area contributed by atoms with Gasteiger partial charge in [-0.3, -0.25) is 0 Å². The summed E-state index contributed by atoms with van der Waals surface area (Å²) < 4.78 is 13.6. The van der Waals surface area contributed by atoms with Gasteiger partial charge in [0.15, 0.2) is 0 Å². The molecule has 0 aromatic heterocycles. The van der Waals surface area contributed by atoms with Crippen molar-refractivity contribution in [2.75, 3.05) is 0 Å². The van der Waals surface area contributed by atoms with Gasteiger partial charge in [0.25, 0.3) is 0 Å². The molecular weight excluding hydrogens is 253 g/mol. The average molecular weight is 274 g/mol. The summed E-state index contributed by atoms with van der Waals surface area (Å²) >= 11 is 0. The largest absolute Gasteiger partial charge is 0.391 e. The number of nitrogens with two attached hydrogens (primary N) is 1. The van der Waals surface area contributed by atoms with Gasteiger partial charge in [-0.05, 0) is 24.8 Å². The third-order valence-corrected chi connectivity index (χ3v) is 3.77. The Hall–Kier alpha value is -0.640. The monoisotopic (exact) mass is 273 g/mol. The van der Waals surface area contributed by atoms with Crippen LogP contribution in [0.25, 0.3) is 0 Å². The van der Waals surface area contributed by atoms with E-state index in [0.717, 1.165) is 25.7 Å². The van der Waals surface area contributed by atoms with Gasteiger partial charge in [-0.2, -0.15) is 0 Å². The quantitative estimate of drug-likeness (QED) is 0.888. The molecule has 2 rings (SSSR count). The van der Waals surface area contributed by atoms with E-state index >= 15 is 0 Å². The highest BCUT2D eigenvalue weighted by Crippen LogP contribution is 2.31. The standard InChI is InChI=1S/C14H20FNO.ClH/c15-12-9-5-4-8-11(12)13(16)14(17)10-6-2-1-3-7-10;/h4-5,8-10,13-14,17H,1-3,6-7,16H2;1H/t13-,14+;/m0./s1. The van der Waals surface area contributed by atoms with E-state index in [1.807, 2.05) is 0 Å². The predicted molar refractivity (Wildman–Crippen MR) is 73.2 cm³/mol. The molecule has 0 spiro atoms. The van der Waals surface area contributed by atoms with E-state index in [-0.39, 0.29) is 24.1 Å².